The van der Waals surface area contributed by atoms with Gasteiger partial charge >= 0.3 is 0 Å². The Morgan fingerprint density at radius 2 is 2.06 bits per heavy atom. The summed E-state index contributed by atoms with van der Waals surface area (Å²) in [7, 11) is 3.09. The summed E-state index contributed by atoms with van der Waals surface area (Å²) in [6.07, 6.45) is 2.09. The first-order chi connectivity index (χ1) is 8.74. The third-order valence-electron chi connectivity index (χ3n) is 2.49. The quantitative estimate of drug-likeness (QED) is 0.460. The molecule has 0 bridgehead atoms. The summed E-state index contributed by atoms with van der Waals surface area (Å²) in [5.41, 5.74) is 0.506. The molecule has 0 fully saturated rings. The molecule has 4 nitrogen and oxygen atoms in total. The molecule has 0 saturated heterocycles. The molecule has 0 heterocycles. The zero-order valence-corrected chi connectivity index (χ0v) is 12.8. The van der Waals surface area contributed by atoms with E-state index in [1.54, 1.807) is 25.3 Å². The second kappa shape index (κ2) is 8.18. The van der Waals surface area contributed by atoms with Crippen molar-refractivity contribution < 1.29 is 14.3 Å². The van der Waals surface area contributed by atoms with Gasteiger partial charge in [-0.1, -0.05) is 28.7 Å². The van der Waals surface area contributed by atoms with E-state index < -0.39 is 0 Å². The highest BCUT2D eigenvalue weighted by molar-refractivity contribution is 14.1. The van der Waals surface area contributed by atoms with Crippen LogP contribution in [0.15, 0.2) is 18.2 Å². The standard InChI is InChI=1S/C13H18INO3/c1-17-11-7-5-6-10(12(11)18-2)13(16)15-9-4-3-8-14/h5-7H,3-4,8-9H2,1-2H3,(H,15,16). The molecule has 100 valence electrons. The predicted molar refractivity (Wildman–Crippen MR) is 80.0 cm³/mol. The van der Waals surface area contributed by atoms with Crippen molar-refractivity contribution in [2.24, 2.45) is 0 Å². The van der Waals surface area contributed by atoms with Gasteiger partial charge in [0, 0.05) is 6.54 Å². The Labute approximate surface area is 121 Å². The van der Waals surface area contributed by atoms with Crippen LogP contribution in [0, 0.1) is 0 Å². The average Bonchev–Trinajstić information content (AvgIpc) is 2.42. The fourth-order valence-corrected chi connectivity index (χ4v) is 2.12. The number of carbonyl (C=O) groups is 1. The molecule has 0 unspecified atom stereocenters. The van der Waals surface area contributed by atoms with Gasteiger partial charge in [0.1, 0.15) is 0 Å². The topological polar surface area (TPSA) is 47.6 Å². The molecule has 1 N–H and O–H groups in total. The lowest BCUT2D eigenvalue weighted by molar-refractivity contribution is 0.0949. The summed E-state index contributed by atoms with van der Waals surface area (Å²) in [5, 5.41) is 2.88. The summed E-state index contributed by atoms with van der Waals surface area (Å²) in [6.45, 7) is 0.683. The molecule has 0 aliphatic carbocycles. The van der Waals surface area contributed by atoms with Gasteiger partial charge in [-0.05, 0) is 29.4 Å². The van der Waals surface area contributed by atoms with E-state index in [0.29, 0.717) is 23.6 Å². The normalized spacial score (nSPS) is 9.94. The predicted octanol–water partition coefficient (Wildman–Crippen LogP) is 2.65. The number of hydrogen-bond acceptors (Lipinski definition) is 3. The fourth-order valence-electron chi connectivity index (χ4n) is 1.58. The lowest BCUT2D eigenvalue weighted by Crippen LogP contribution is -2.25. The van der Waals surface area contributed by atoms with Crippen molar-refractivity contribution in [2.75, 3.05) is 25.2 Å². The maximum Gasteiger partial charge on any atom is 0.255 e. The van der Waals surface area contributed by atoms with Crippen molar-refractivity contribution in [1.82, 2.24) is 5.32 Å². The van der Waals surface area contributed by atoms with Crippen LogP contribution in [0.3, 0.4) is 0 Å². The number of hydrogen-bond donors (Lipinski definition) is 1. The SMILES string of the molecule is COc1cccc(C(=O)NCCCCI)c1OC. The maximum atomic E-state index is 12.0. The lowest BCUT2D eigenvalue weighted by atomic mass is 10.1. The Morgan fingerprint density at radius 1 is 1.28 bits per heavy atom. The minimum absolute atomic E-state index is 0.126. The third kappa shape index (κ3) is 4.04. The third-order valence-corrected chi connectivity index (χ3v) is 3.26. The number of rotatable bonds is 7. The van der Waals surface area contributed by atoms with Crippen LogP contribution in [0.1, 0.15) is 23.2 Å². The van der Waals surface area contributed by atoms with E-state index in [-0.39, 0.29) is 5.91 Å². The van der Waals surface area contributed by atoms with Crippen LogP contribution in [0.5, 0.6) is 11.5 Å². The van der Waals surface area contributed by atoms with Crippen molar-refractivity contribution in [1.29, 1.82) is 0 Å². The molecule has 0 radical (unpaired) electrons. The first-order valence-corrected chi connectivity index (χ1v) is 7.32. The second-order valence-corrected chi connectivity index (χ2v) is 4.77. The van der Waals surface area contributed by atoms with Crippen LogP contribution in [-0.4, -0.2) is 31.1 Å². The summed E-state index contributed by atoms with van der Waals surface area (Å²) >= 11 is 2.33. The fraction of sp³-hybridized carbons (Fsp3) is 0.462. The summed E-state index contributed by atoms with van der Waals surface area (Å²) < 4.78 is 11.5. The van der Waals surface area contributed by atoms with Crippen LogP contribution < -0.4 is 14.8 Å². The number of halogens is 1. The minimum atomic E-state index is -0.126. The largest absolute Gasteiger partial charge is 0.493 e. The van der Waals surface area contributed by atoms with E-state index in [0.717, 1.165) is 17.3 Å². The number of para-hydroxylation sites is 1. The molecule has 5 heteroatoms. The highest BCUT2D eigenvalue weighted by Gasteiger charge is 2.15. The van der Waals surface area contributed by atoms with E-state index >= 15 is 0 Å². The molecule has 1 aromatic rings. The first kappa shape index (κ1) is 15.1. The molecular formula is C13H18INO3. The second-order valence-electron chi connectivity index (χ2n) is 3.69. The van der Waals surface area contributed by atoms with Gasteiger partial charge in [0.05, 0.1) is 19.8 Å². The van der Waals surface area contributed by atoms with Gasteiger partial charge < -0.3 is 14.8 Å². The Bertz CT molecular complexity index is 396. The number of alkyl halides is 1. The Hall–Kier alpha value is -0.980. The molecule has 0 aliphatic heterocycles. The van der Waals surface area contributed by atoms with Gasteiger partial charge in [-0.15, -0.1) is 0 Å². The van der Waals surface area contributed by atoms with E-state index in [4.69, 9.17) is 9.47 Å². The summed E-state index contributed by atoms with van der Waals surface area (Å²) in [4.78, 5) is 12.0. The Balaban J connectivity index is 2.72. The molecule has 0 atom stereocenters. The highest BCUT2D eigenvalue weighted by atomic mass is 127. The number of ether oxygens (including phenoxy) is 2. The maximum absolute atomic E-state index is 12.0. The zero-order chi connectivity index (χ0) is 13.4. The molecule has 1 amide bonds. The highest BCUT2D eigenvalue weighted by Crippen LogP contribution is 2.30. The first-order valence-electron chi connectivity index (χ1n) is 5.79. The summed E-state index contributed by atoms with van der Waals surface area (Å²) in [6, 6.07) is 5.28. The molecule has 18 heavy (non-hydrogen) atoms. The van der Waals surface area contributed by atoms with Gasteiger partial charge in [-0.2, -0.15) is 0 Å². The van der Waals surface area contributed by atoms with Crippen molar-refractivity contribution in [3.63, 3.8) is 0 Å². The molecule has 1 aromatic carbocycles. The van der Waals surface area contributed by atoms with Gasteiger partial charge in [0.2, 0.25) is 0 Å². The van der Waals surface area contributed by atoms with E-state index in [2.05, 4.69) is 27.9 Å². The molecule has 0 aromatic heterocycles. The van der Waals surface area contributed by atoms with Gasteiger partial charge in [0.25, 0.3) is 5.91 Å². The molecule has 0 saturated carbocycles. The number of amides is 1. The van der Waals surface area contributed by atoms with Crippen LogP contribution >= 0.6 is 22.6 Å². The monoisotopic (exact) mass is 363 g/mol. The van der Waals surface area contributed by atoms with Crippen molar-refractivity contribution >= 4 is 28.5 Å². The Kier molecular flexibility index (Phi) is 6.85. The van der Waals surface area contributed by atoms with Crippen molar-refractivity contribution in [2.45, 2.75) is 12.8 Å². The van der Waals surface area contributed by atoms with E-state index in [1.165, 1.54) is 7.11 Å². The van der Waals surface area contributed by atoms with Gasteiger partial charge in [-0.3, -0.25) is 4.79 Å². The molecule has 0 aliphatic rings. The van der Waals surface area contributed by atoms with Crippen LogP contribution in [-0.2, 0) is 0 Å². The zero-order valence-electron chi connectivity index (χ0n) is 10.7. The summed E-state index contributed by atoms with van der Waals surface area (Å²) in [5.74, 6) is 0.919. The molecule has 0 spiro atoms. The number of nitrogens with one attached hydrogen (secondary N) is 1. The van der Waals surface area contributed by atoms with Crippen LogP contribution in [0.2, 0.25) is 0 Å². The van der Waals surface area contributed by atoms with Crippen molar-refractivity contribution in [3.05, 3.63) is 23.8 Å². The molecule has 1 rings (SSSR count). The Morgan fingerprint density at radius 3 is 2.67 bits per heavy atom. The average molecular weight is 363 g/mol. The number of methoxy groups -OCH3 is 2. The van der Waals surface area contributed by atoms with E-state index in [1.807, 2.05) is 0 Å². The van der Waals surface area contributed by atoms with Gasteiger partial charge in [-0.25, -0.2) is 0 Å². The van der Waals surface area contributed by atoms with Crippen LogP contribution in [0.25, 0.3) is 0 Å². The number of carbonyl (C=O) groups excluding carboxylic acids is 1. The van der Waals surface area contributed by atoms with E-state index in [9.17, 15) is 4.79 Å². The number of unbranched alkanes of at least 4 members (excludes halogenated alkanes) is 1. The smallest absolute Gasteiger partial charge is 0.255 e. The number of benzene rings is 1. The lowest BCUT2D eigenvalue weighted by Gasteiger charge is -2.12. The molecular weight excluding hydrogens is 345 g/mol. The van der Waals surface area contributed by atoms with Crippen LogP contribution in [0.4, 0.5) is 0 Å². The van der Waals surface area contributed by atoms with Crippen molar-refractivity contribution in [3.8, 4) is 11.5 Å². The van der Waals surface area contributed by atoms with Gasteiger partial charge in [0.15, 0.2) is 11.5 Å². The minimum Gasteiger partial charge on any atom is -0.493 e.